The molecule has 4 rings (SSSR count). The molecule has 3 amide bonds. The minimum Gasteiger partial charge on any atom is -0.491 e. The monoisotopic (exact) mass is 516 g/mol. The van der Waals surface area contributed by atoms with Gasteiger partial charge in [0.15, 0.2) is 0 Å². The number of fused-ring (bicyclic) bond motifs is 1. The highest BCUT2D eigenvalue weighted by Crippen LogP contribution is 2.27. The third-order valence-corrected chi connectivity index (χ3v) is 6.44. The van der Waals surface area contributed by atoms with E-state index in [9.17, 15) is 18.8 Å². The van der Waals surface area contributed by atoms with Crippen molar-refractivity contribution in [3.05, 3.63) is 64.6 Å². The van der Waals surface area contributed by atoms with E-state index in [0.717, 1.165) is 0 Å². The number of rotatable bonds is 9. The van der Waals surface area contributed by atoms with Crippen LogP contribution in [0.4, 0.5) is 4.39 Å². The van der Waals surface area contributed by atoms with Crippen molar-refractivity contribution in [2.24, 2.45) is 5.73 Å². The van der Waals surface area contributed by atoms with Crippen molar-refractivity contribution in [1.82, 2.24) is 14.8 Å². The Bertz CT molecular complexity index is 1310. The number of benzene rings is 2. The molecule has 0 unspecified atom stereocenters. The first-order valence-electron chi connectivity index (χ1n) is 11.5. The van der Waals surface area contributed by atoms with Crippen molar-refractivity contribution < 1.29 is 28.6 Å². The number of hydrogen-bond acceptors (Lipinski definition) is 5. The smallest absolute Gasteiger partial charge is 0.250 e. The van der Waals surface area contributed by atoms with Gasteiger partial charge in [-0.05, 0) is 31.0 Å². The predicted molar refractivity (Wildman–Crippen MR) is 131 cm³/mol. The average molecular weight is 517 g/mol. The van der Waals surface area contributed by atoms with Crippen molar-refractivity contribution >= 4 is 40.2 Å². The van der Waals surface area contributed by atoms with Gasteiger partial charge in [-0.25, -0.2) is 4.39 Å². The summed E-state index contributed by atoms with van der Waals surface area (Å²) in [4.78, 5) is 39.6. The Labute approximate surface area is 211 Å². The van der Waals surface area contributed by atoms with Gasteiger partial charge in [-0.1, -0.05) is 23.7 Å². The van der Waals surface area contributed by atoms with E-state index < -0.39 is 17.8 Å². The van der Waals surface area contributed by atoms with Gasteiger partial charge in [0, 0.05) is 36.3 Å². The summed E-state index contributed by atoms with van der Waals surface area (Å²) in [7, 11) is 0. The summed E-state index contributed by atoms with van der Waals surface area (Å²) in [5.41, 5.74) is 6.60. The van der Waals surface area contributed by atoms with Crippen molar-refractivity contribution in [2.45, 2.75) is 32.0 Å². The predicted octanol–water partition coefficient (Wildman–Crippen LogP) is 2.21. The zero-order chi connectivity index (χ0) is 25.8. The molecule has 3 aromatic rings. The number of nitrogens with two attached hydrogens (primary N) is 1. The number of aliphatic hydroxyl groups excluding tert-OH is 1. The van der Waals surface area contributed by atoms with Crippen molar-refractivity contribution in [2.75, 3.05) is 19.8 Å². The minimum atomic E-state index is -0.694. The first-order valence-corrected chi connectivity index (χ1v) is 11.8. The Morgan fingerprint density at radius 3 is 2.81 bits per heavy atom. The number of hydrogen-bond donors (Lipinski definition) is 3. The maximum absolute atomic E-state index is 14.2. The van der Waals surface area contributed by atoms with Gasteiger partial charge in [0.25, 0.3) is 5.91 Å². The van der Waals surface area contributed by atoms with E-state index in [1.807, 2.05) is 0 Å². The van der Waals surface area contributed by atoms with Crippen LogP contribution in [0.1, 0.15) is 28.8 Å². The van der Waals surface area contributed by atoms with E-state index in [4.69, 9.17) is 27.2 Å². The molecule has 11 heteroatoms. The van der Waals surface area contributed by atoms with Crippen LogP contribution in [0.2, 0.25) is 5.02 Å². The lowest BCUT2D eigenvalue weighted by molar-refractivity contribution is -0.138. The van der Waals surface area contributed by atoms with Gasteiger partial charge in [0.05, 0.1) is 22.7 Å². The second kappa shape index (κ2) is 11.0. The molecule has 1 atom stereocenters. The summed E-state index contributed by atoms with van der Waals surface area (Å²) in [5, 5.41) is 12.2. The largest absolute Gasteiger partial charge is 0.491 e. The Morgan fingerprint density at radius 2 is 2.06 bits per heavy atom. The summed E-state index contributed by atoms with van der Waals surface area (Å²) in [6.45, 7) is 0.156. The van der Waals surface area contributed by atoms with Gasteiger partial charge in [0.2, 0.25) is 11.8 Å². The minimum absolute atomic E-state index is 0.0291. The van der Waals surface area contributed by atoms with Crippen LogP contribution in [-0.2, 0) is 22.7 Å². The Balaban J connectivity index is 1.50. The molecule has 1 aliphatic heterocycles. The lowest BCUT2D eigenvalue weighted by Gasteiger charge is -2.24. The van der Waals surface area contributed by atoms with Crippen LogP contribution in [-0.4, -0.2) is 58.1 Å². The summed E-state index contributed by atoms with van der Waals surface area (Å²) in [6, 6.07) is 8.85. The summed E-state index contributed by atoms with van der Waals surface area (Å²) in [5.74, 6) is -1.45. The third kappa shape index (κ3) is 5.29. The average Bonchev–Trinajstić information content (AvgIpc) is 3.49. The van der Waals surface area contributed by atoms with E-state index in [1.54, 1.807) is 28.8 Å². The van der Waals surface area contributed by atoms with Gasteiger partial charge >= 0.3 is 0 Å². The van der Waals surface area contributed by atoms with Crippen LogP contribution >= 0.6 is 11.6 Å². The Hall–Kier alpha value is -3.63. The second-order valence-corrected chi connectivity index (χ2v) is 8.87. The fraction of sp³-hybridized carbons (Fsp3) is 0.320. The number of amides is 3. The topological polar surface area (TPSA) is 127 Å². The zero-order valence-electron chi connectivity index (χ0n) is 19.4. The first-order chi connectivity index (χ1) is 17.3. The lowest BCUT2D eigenvalue weighted by Crippen LogP contribution is -2.46. The molecule has 1 saturated heterocycles. The molecule has 190 valence electrons. The van der Waals surface area contributed by atoms with Crippen molar-refractivity contribution in [3.8, 4) is 5.75 Å². The van der Waals surface area contributed by atoms with Crippen LogP contribution < -0.4 is 15.8 Å². The molecule has 0 saturated carbocycles. The van der Waals surface area contributed by atoms with Crippen LogP contribution in [0.3, 0.4) is 0 Å². The van der Waals surface area contributed by atoms with E-state index >= 15 is 0 Å². The molecule has 36 heavy (non-hydrogen) atoms. The normalized spacial score (nSPS) is 15.3. The van der Waals surface area contributed by atoms with Crippen LogP contribution in [0.25, 0.3) is 10.9 Å². The van der Waals surface area contributed by atoms with Gasteiger partial charge < -0.3 is 30.4 Å². The van der Waals surface area contributed by atoms with E-state index in [1.165, 1.54) is 23.2 Å². The molecule has 2 heterocycles. The Morgan fingerprint density at radius 1 is 1.25 bits per heavy atom. The quantitative estimate of drug-likeness (QED) is 0.402. The molecule has 0 radical (unpaired) electrons. The summed E-state index contributed by atoms with van der Waals surface area (Å²) in [6.07, 6.45) is 2.63. The summed E-state index contributed by atoms with van der Waals surface area (Å²) >= 11 is 5.80. The van der Waals surface area contributed by atoms with Gasteiger partial charge in [0.1, 0.15) is 30.8 Å². The molecule has 0 aliphatic carbocycles. The molecule has 1 aromatic heterocycles. The van der Waals surface area contributed by atoms with E-state index in [2.05, 4.69) is 5.32 Å². The molecule has 0 bridgehead atoms. The molecule has 0 spiro atoms. The lowest BCUT2D eigenvalue weighted by atomic mass is 10.1. The van der Waals surface area contributed by atoms with Gasteiger partial charge in [-0.3, -0.25) is 14.4 Å². The number of carbonyl (C=O) groups is 3. The number of nitrogens with zero attached hydrogens (tertiary/aromatic N) is 2. The zero-order valence-corrected chi connectivity index (χ0v) is 20.1. The third-order valence-electron chi connectivity index (χ3n) is 6.15. The fourth-order valence-corrected chi connectivity index (χ4v) is 4.61. The summed E-state index contributed by atoms with van der Waals surface area (Å²) < 4.78 is 21.2. The molecular weight excluding hydrogens is 491 g/mol. The number of primary amides is 1. The van der Waals surface area contributed by atoms with Gasteiger partial charge in [-0.15, -0.1) is 0 Å². The second-order valence-electron chi connectivity index (χ2n) is 8.46. The van der Waals surface area contributed by atoms with Crippen molar-refractivity contribution in [3.63, 3.8) is 0 Å². The maximum Gasteiger partial charge on any atom is 0.250 e. The van der Waals surface area contributed by atoms with E-state index in [0.29, 0.717) is 36.0 Å². The van der Waals surface area contributed by atoms with Crippen LogP contribution in [0.15, 0.2) is 42.6 Å². The fourth-order valence-electron chi connectivity index (χ4n) is 4.41. The number of nitrogens with one attached hydrogen (secondary N) is 1. The molecule has 1 aliphatic rings. The molecular formula is C25H26ClFN4O5. The van der Waals surface area contributed by atoms with E-state index in [-0.39, 0.29) is 54.3 Å². The SMILES string of the molecule is NC(=O)c1cn(CC(=O)N2CCC[C@H]2C(=O)NCc2cccc(Cl)c2F)c2cc(OCCO)ccc12. The maximum atomic E-state index is 14.2. The molecule has 2 aromatic carbocycles. The number of aromatic nitrogens is 1. The number of ether oxygens (including phenoxy) is 1. The van der Waals surface area contributed by atoms with Gasteiger partial charge in [-0.2, -0.15) is 0 Å². The number of halogens is 2. The highest BCUT2D eigenvalue weighted by atomic mass is 35.5. The number of aliphatic hydroxyl groups is 1. The standard InChI is InChI=1S/C25H26ClFN4O5/c26-19-4-1-3-15(23(19)27)12-29-25(35)20-5-2-8-31(20)22(33)14-30-13-18(24(28)34)17-7-6-16(11-21(17)30)36-10-9-32/h1,3-4,6-7,11,13,20,32H,2,5,8-10,12,14H2,(H2,28,34)(H,29,35)/t20-/m0/s1. The Kier molecular flexibility index (Phi) is 7.76. The van der Waals surface area contributed by atoms with Crippen LogP contribution in [0, 0.1) is 5.82 Å². The van der Waals surface area contributed by atoms with Crippen molar-refractivity contribution in [1.29, 1.82) is 0 Å². The molecule has 9 nitrogen and oxygen atoms in total. The number of likely N-dealkylation sites (tertiary alicyclic amines) is 1. The highest BCUT2D eigenvalue weighted by Gasteiger charge is 2.34. The van der Waals surface area contributed by atoms with Crippen LogP contribution in [0.5, 0.6) is 5.75 Å². The highest BCUT2D eigenvalue weighted by molar-refractivity contribution is 6.30. The number of carbonyl (C=O) groups excluding carboxylic acids is 3. The molecule has 4 N–H and O–H groups in total. The first kappa shape index (κ1) is 25.5. The molecule has 1 fully saturated rings.